The van der Waals surface area contributed by atoms with Gasteiger partial charge >= 0.3 is 0 Å². The van der Waals surface area contributed by atoms with Crippen molar-refractivity contribution in [3.05, 3.63) is 34.7 Å². The number of aromatic nitrogens is 1. The van der Waals surface area contributed by atoms with E-state index in [9.17, 15) is 4.79 Å². The molecule has 0 amide bonds. The highest BCUT2D eigenvalue weighted by molar-refractivity contribution is 4.92. The largest absolute Gasteiger partial charge is 0.378 e. The third-order valence-electron chi connectivity index (χ3n) is 1.64. The number of nitrogens with zero attached hydrogens (tertiary/aromatic N) is 1. The molecule has 0 saturated carbocycles. The highest BCUT2D eigenvalue weighted by atomic mass is 16.5. The van der Waals surface area contributed by atoms with Gasteiger partial charge in [-0.15, -0.1) is 0 Å². The van der Waals surface area contributed by atoms with Crippen molar-refractivity contribution >= 4 is 0 Å². The Balaban J connectivity index is 2.37. The Kier molecular flexibility index (Phi) is 4.21. The molecule has 0 aliphatic heterocycles. The fourth-order valence-electron chi connectivity index (χ4n) is 0.994. The summed E-state index contributed by atoms with van der Waals surface area (Å²) in [4.78, 5) is 11.2. The SMILES string of the molecule is NCCOCCn1ccccc1=O. The fraction of sp³-hybridized carbons (Fsp3) is 0.444. The Morgan fingerprint density at radius 3 is 2.92 bits per heavy atom. The standard InChI is InChI=1S/C9H14N2O2/c10-4-7-13-8-6-11-5-2-1-3-9(11)12/h1-3,5H,4,6-8,10H2. The van der Waals surface area contributed by atoms with E-state index >= 15 is 0 Å². The summed E-state index contributed by atoms with van der Waals surface area (Å²) in [6.07, 6.45) is 1.74. The van der Waals surface area contributed by atoms with Gasteiger partial charge in [-0.05, 0) is 6.07 Å². The molecule has 0 saturated heterocycles. The van der Waals surface area contributed by atoms with Crippen LogP contribution in [0.3, 0.4) is 0 Å². The Labute approximate surface area is 76.9 Å². The van der Waals surface area contributed by atoms with Gasteiger partial charge in [-0.1, -0.05) is 6.07 Å². The molecular weight excluding hydrogens is 168 g/mol. The molecule has 0 aliphatic carbocycles. The maximum atomic E-state index is 11.2. The molecule has 1 aromatic heterocycles. The molecule has 0 fully saturated rings. The van der Waals surface area contributed by atoms with Gasteiger partial charge in [-0.25, -0.2) is 0 Å². The molecule has 0 bridgehead atoms. The fourth-order valence-corrected chi connectivity index (χ4v) is 0.994. The topological polar surface area (TPSA) is 57.2 Å². The molecule has 1 heterocycles. The monoisotopic (exact) mass is 182 g/mol. The quantitative estimate of drug-likeness (QED) is 0.643. The van der Waals surface area contributed by atoms with E-state index in [-0.39, 0.29) is 5.56 Å². The molecule has 72 valence electrons. The van der Waals surface area contributed by atoms with Crippen molar-refractivity contribution in [1.82, 2.24) is 4.57 Å². The van der Waals surface area contributed by atoms with Crippen LogP contribution in [0.4, 0.5) is 0 Å². The van der Waals surface area contributed by atoms with Crippen molar-refractivity contribution in [2.24, 2.45) is 5.73 Å². The lowest BCUT2D eigenvalue weighted by atomic mass is 10.4. The maximum Gasteiger partial charge on any atom is 0.250 e. The van der Waals surface area contributed by atoms with Crippen LogP contribution in [0.15, 0.2) is 29.2 Å². The van der Waals surface area contributed by atoms with Gasteiger partial charge in [0, 0.05) is 25.4 Å². The van der Waals surface area contributed by atoms with Crippen molar-refractivity contribution in [2.45, 2.75) is 6.54 Å². The van der Waals surface area contributed by atoms with Gasteiger partial charge in [0.1, 0.15) is 0 Å². The minimum atomic E-state index is -0.00107. The molecular formula is C9H14N2O2. The Morgan fingerprint density at radius 2 is 2.23 bits per heavy atom. The van der Waals surface area contributed by atoms with Crippen molar-refractivity contribution in [3.8, 4) is 0 Å². The lowest BCUT2D eigenvalue weighted by molar-refractivity contribution is 0.132. The van der Waals surface area contributed by atoms with Gasteiger partial charge in [0.25, 0.3) is 5.56 Å². The molecule has 0 radical (unpaired) electrons. The minimum absolute atomic E-state index is 0.00107. The van der Waals surface area contributed by atoms with Gasteiger partial charge in [0.2, 0.25) is 0 Å². The molecule has 0 aromatic carbocycles. The molecule has 0 spiro atoms. The molecule has 13 heavy (non-hydrogen) atoms. The molecule has 0 aliphatic rings. The van der Waals surface area contributed by atoms with Gasteiger partial charge in [0.05, 0.1) is 13.2 Å². The van der Waals surface area contributed by atoms with Crippen LogP contribution in [-0.2, 0) is 11.3 Å². The van der Waals surface area contributed by atoms with Crippen LogP contribution < -0.4 is 11.3 Å². The Hall–Kier alpha value is -1.13. The van der Waals surface area contributed by atoms with Crippen LogP contribution in [0.2, 0.25) is 0 Å². The van der Waals surface area contributed by atoms with Crippen LogP contribution in [0.25, 0.3) is 0 Å². The Bertz CT molecular complexity index is 296. The van der Waals surface area contributed by atoms with E-state index in [1.165, 1.54) is 6.07 Å². The number of ether oxygens (including phenoxy) is 1. The summed E-state index contributed by atoms with van der Waals surface area (Å²) in [5.74, 6) is 0. The lowest BCUT2D eigenvalue weighted by Crippen LogP contribution is -2.21. The van der Waals surface area contributed by atoms with Gasteiger partial charge in [0.15, 0.2) is 0 Å². The van der Waals surface area contributed by atoms with Crippen LogP contribution in [0.5, 0.6) is 0 Å². The Morgan fingerprint density at radius 1 is 1.38 bits per heavy atom. The van der Waals surface area contributed by atoms with Crippen LogP contribution in [0.1, 0.15) is 0 Å². The highest BCUT2D eigenvalue weighted by Crippen LogP contribution is 1.83. The second-order valence-corrected chi connectivity index (χ2v) is 2.63. The van der Waals surface area contributed by atoms with Crippen molar-refractivity contribution in [3.63, 3.8) is 0 Å². The summed E-state index contributed by atoms with van der Waals surface area (Å²) >= 11 is 0. The number of rotatable bonds is 5. The predicted molar refractivity (Wildman–Crippen MR) is 50.6 cm³/mol. The zero-order valence-corrected chi connectivity index (χ0v) is 7.48. The van der Waals surface area contributed by atoms with E-state index < -0.39 is 0 Å². The predicted octanol–water partition coefficient (Wildman–Crippen LogP) is -0.176. The van der Waals surface area contributed by atoms with Crippen molar-refractivity contribution < 1.29 is 4.74 Å². The van der Waals surface area contributed by atoms with Gasteiger partial charge in [-0.3, -0.25) is 4.79 Å². The third kappa shape index (κ3) is 3.40. The summed E-state index contributed by atoms with van der Waals surface area (Å²) in [7, 11) is 0. The zero-order chi connectivity index (χ0) is 9.52. The summed E-state index contributed by atoms with van der Waals surface area (Å²) in [5, 5.41) is 0. The number of hydrogen-bond donors (Lipinski definition) is 1. The number of nitrogens with two attached hydrogens (primary N) is 1. The molecule has 1 aromatic rings. The van der Waals surface area contributed by atoms with Crippen LogP contribution in [0, 0.1) is 0 Å². The average Bonchev–Trinajstić information content (AvgIpc) is 2.15. The highest BCUT2D eigenvalue weighted by Gasteiger charge is 1.92. The normalized spacial score (nSPS) is 10.2. The minimum Gasteiger partial charge on any atom is -0.378 e. The molecule has 4 heteroatoms. The zero-order valence-electron chi connectivity index (χ0n) is 7.48. The van der Waals surface area contributed by atoms with E-state index in [1.807, 2.05) is 6.07 Å². The summed E-state index contributed by atoms with van der Waals surface area (Å²) in [5.41, 5.74) is 5.24. The second-order valence-electron chi connectivity index (χ2n) is 2.63. The molecule has 1 rings (SSSR count). The molecule has 2 N–H and O–H groups in total. The third-order valence-corrected chi connectivity index (χ3v) is 1.64. The van der Waals surface area contributed by atoms with E-state index in [0.29, 0.717) is 26.3 Å². The first-order valence-electron chi connectivity index (χ1n) is 4.28. The molecule has 4 nitrogen and oxygen atoms in total. The van der Waals surface area contributed by atoms with Gasteiger partial charge in [-0.2, -0.15) is 0 Å². The van der Waals surface area contributed by atoms with E-state index in [4.69, 9.17) is 10.5 Å². The number of pyridine rings is 1. The summed E-state index contributed by atoms with van der Waals surface area (Å²) in [6, 6.07) is 5.08. The summed E-state index contributed by atoms with van der Waals surface area (Å²) in [6.45, 7) is 2.17. The maximum absolute atomic E-state index is 11.2. The number of hydrogen-bond acceptors (Lipinski definition) is 3. The first-order chi connectivity index (χ1) is 6.34. The van der Waals surface area contributed by atoms with E-state index in [1.54, 1.807) is 16.8 Å². The lowest BCUT2D eigenvalue weighted by Gasteiger charge is -2.04. The first kappa shape index (κ1) is 9.95. The first-order valence-corrected chi connectivity index (χ1v) is 4.28. The molecule has 0 atom stereocenters. The van der Waals surface area contributed by atoms with Crippen LogP contribution >= 0.6 is 0 Å². The molecule has 0 unspecified atom stereocenters. The van der Waals surface area contributed by atoms with E-state index in [0.717, 1.165) is 0 Å². The van der Waals surface area contributed by atoms with E-state index in [2.05, 4.69) is 0 Å². The average molecular weight is 182 g/mol. The van der Waals surface area contributed by atoms with Crippen molar-refractivity contribution in [1.29, 1.82) is 0 Å². The smallest absolute Gasteiger partial charge is 0.250 e. The van der Waals surface area contributed by atoms with Crippen molar-refractivity contribution in [2.75, 3.05) is 19.8 Å². The van der Waals surface area contributed by atoms with Gasteiger partial charge < -0.3 is 15.0 Å². The van der Waals surface area contributed by atoms with Crippen LogP contribution in [-0.4, -0.2) is 24.3 Å². The second kappa shape index (κ2) is 5.50. The summed E-state index contributed by atoms with van der Waals surface area (Å²) < 4.78 is 6.76.